The fourth-order valence-corrected chi connectivity index (χ4v) is 2.73. The Hall–Kier alpha value is -1.75. The monoisotopic (exact) mass is 295 g/mol. The maximum Gasteiger partial charge on any atom is 0.319 e. The van der Waals surface area contributed by atoms with Crippen molar-refractivity contribution in [2.24, 2.45) is 5.41 Å². The molecule has 3 rings (SSSR count). The second kappa shape index (κ2) is 4.66. The fraction of sp³-hybridized carbons (Fsp3) is 0.429. The summed E-state index contributed by atoms with van der Waals surface area (Å²) >= 11 is 6.06. The second-order valence-electron chi connectivity index (χ2n) is 5.21. The molecule has 1 atom stereocenters. The quantitative estimate of drug-likeness (QED) is 0.838. The van der Waals surface area contributed by atoms with Crippen LogP contribution in [0.4, 0.5) is 0 Å². The Morgan fingerprint density at radius 3 is 2.80 bits per heavy atom. The van der Waals surface area contributed by atoms with E-state index in [4.69, 9.17) is 21.4 Å². The summed E-state index contributed by atoms with van der Waals surface area (Å²) in [6.07, 6.45) is 1.41. The Kier molecular flexibility index (Phi) is 3.09. The number of ether oxygens (including phenoxy) is 1. The molecular weight excluding hydrogens is 282 g/mol. The molecule has 0 radical (unpaired) electrons. The van der Waals surface area contributed by atoms with Crippen LogP contribution in [0.15, 0.2) is 18.2 Å². The molecular formula is C14H14ClNO4. The van der Waals surface area contributed by atoms with Crippen molar-refractivity contribution in [3.63, 3.8) is 0 Å². The van der Waals surface area contributed by atoms with Crippen molar-refractivity contribution >= 4 is 23.5 Å². The Balaban J connectivity index is 1.82. The van der Waals surface area contributed by atoms with E-state index in [-0.39, 0.29) is 6.04 Å². The molecule has 1 aliphatic heterocycles. The summed E-state index contributed by atoms with van der Waals surface area (Å²) in [5.74, 6) is -0.887. The van der Waals surface area contributed by atoms with Crippen LogP contribution in [-0.4, -0.2) is 23.6 Å². The van der Waals surface area contributed by atoms with E-state index >= 15 is 0 Å². The highest BCUT2D eigenvalue weighted by Crippen LogP contribution is 2.47. The van der Waals surface area contributed by atoms with Crippen LogP contribution in [0.5, 0.6) is 5.75 Å². The summed E-state index contributed by atoms with van der Waals surface area (Å²) in [6, 6.07) is 5.11. The Morgan fingerprint density at radius 2 is 2.15 bits per heavy atom. The minimum Gasteiger partial charge on any atom is -0.492 e. The number of nitrogens with one attached hydrogen (secondary N) is 1. The molecule has 1 aromatic carbocycles. The first-order valence-electron chi connectivity index (χ1n) is 6.50. The van der Waals surface area contributed by atoms with Crippen molar-refractivity contribution in [2.45, 2.75) is 25.3 Å². The summed E-state index contributed by atoms with van der Waals surface area (Å²) in [6.45, 7) is 0.446. The van der Waals surface area contributed by atoms with Gasteiger partial charge in [0.15, 0.2) is 0 Å². The Bertz CT molecular complexity index is 583. The van der Waals surface area contributed by atoms with Crippen molar-refractivity contribution < 1.29 is 19.4 Å². The smallest absolute Gasteiger partial charge is 0.319 e. The minimum atomic E-state index is -1.23. The van der Waals surface area contributed by atoms with Crippen molar-refractivity contribution in [1.29, 1.82) is 0 Å². The van der Waals surface area contributed by atoms with E-state index in [1.807, 2.05) is 6.07 Å². The molecule has 0 aromatic heterocycles. The van der Waals surface area contributed by atoms with Gasteiger partial charge in [0.25, 0.3) is 0 Å². The summed E-state index contributed by atoms with van der Waals surface area (Å²) in [4.78, 5) is 23.3. The molecule has 5 nitrogen and oxygen atoms in total. The first-order chi connectivity index (χ1) is 9.54. The summed E-state index contributed by atoms with van der Waals surface area (Å²) in [5.41, 5.74) is -0.421. The van der Waals surface area contributed by atoms with E-state index in [0.29, 0.717) is 36.6 Å². The van der Waals surface area contributed by atoms with E-state index in [9.17, 15) is 9.59 Å². The van der Waals surface area contributed by atoms with Crippen molar-refractivity contribution in [1.82, 2.24) is 5.32 Å². The third-order valence-electron chi connectivity index (χ3n) is 3.93. The highest BCUT2D eigenvalue weighted by atomic mass is 35.5. The van der Waals surface area contributed by atoms with Gasteiger partial charge < -0.3 is 15.2 Å². The highest BCUT2D eigenvalue weighted by molar-refractivity contribution is 6.32. The highest BCUT2D eigenvalue weighted by Gasteiger charge is 2.57. The Morgan fingerprint density at radius 1 is 1.40 bits per heavy atom. The molecule has 0 spiro atoms. The molecule has 0 saturated heterocycles. The van der Waals surface area contributed by atoms with Crippen molar-refractivity contribution in [3.05, 3.63) is 28.8 Å². The second-order valence-corrected chi connectivity index (χ2v) is 5.62. The van der Waals surface area contributed by atoms with Crippen LogP contribution in [-0.2, 0) is 9.59 Å². The minimum absolute atomic E-state index is 0.248. The van der Waals surface area contributed by atoms with Gasteiger partial charge in [-0.1, -0.05) is 23.7 Å². The number of amides is 1. The largest absolute Gasteiger partial charge is 0.492 e. The zero-order valence-electron chi connectivity index (χ0n) is 10.7. The number of hydrogen-bond donors (Lipinski definition) is 2. The third-order valence-corrected chi connectivity index (χ3v) is 4.22. The van der Waals surface area contributed by atoms with Crippen LogP contribution in [0.1, 0.15) is 30.9 Å². The molecule has 1 amide bonds. The summed E-state index contributed by atoms with van der Waals surface area (Å²) in [5, 5.41) is 12.5. The number of para-hydroxylation sites is 1. The van der Waals surface area contributed by atoms with Crippen LogP contribution < -0.4 is 10.1 Å². The van der Waals surface area contributed by atoms with Crippen LogP contribution >= 0.6 is 11.6 Å². The average Bonchev–Trinajstić information content (AvgIpc) is 3.21. The van der Waals surface area contributed by atoms with Gasteiger partial charge in [0.1, 0.15) is 11.2 Å². The van der Waals surface area contributed by atoms with Gasteiger partial charge in [0.2, 0.25) is 5.91 Å². The van der Waals surface area contributed by atoms with Crippen molar-refractivity contribution in [3.8, 4) is 5.75 Å². The number of rotatable bonds is 3. The number of carboxylic acid groups (broad SMARTS) is 1. The molecule has 1 aromatic rings. The number of fused-ring (bicyclic) bond motifs is 1. The number of halogens is 1. The van der Waals surface area contributed by atoms with Gasteiger partial charge in [-0.2, -0.15) is 0 Å². The molecule has 2 N–H and O–H groups in total. The molecule has 6 heteroatoms. The lowest BCUT2D eigenvalue weighted by Crippen LogP contribution is -2.40. The molecule has 1 saturated carbocycles. The molecule has 0 bridgehead atoms. The molecule has 20 heavy (non-hydrogen) atoms. The lowest BCUT2D eigenvalue weighted by molar-refractivity contribution is -0.149. The molecule has 1 aliphatic carbocycles. The summed E-state index contributed by atoms with van der Waals surface area (Å²) in [7, 11) is 0. The number of benzene rings is 1. The van der Waals surface area contributed by atoms with Crippen LogP contribution in [0.3, 0.4) is 0 Å². The molecule has 1 fully saturated rings. The van der Waals surface area contributed by atoms with Crippen LogP contribution in [0.25, 0.3) is 0 Å². The number of carboxylic acids is 1. The van der Waals surface area contributed by atoms with Crippen LogP contribution in [0, 0.1) is 5.41 Å². The lowest BCUT2D eigenvalue weighted by atomic mass is 9.98. The summed E-state index contributed by atoms with van der Waals surface area (Å²) < 4.78 is 5.52. The van der Waals surface area contributed by atoms with Gasteiger partial charge in [-0.15, -0.1) is 0 Å². The van der Waals surface area contributed by atoms with E-state index in [1.165, 1.54) is 0 Å². The Labute approximate surface area is 120 Å². The lowest BCUT2D eigenvalue weighted by Gasteiger charge is -2.28. The van der Waals surface area contributed by atoms with Gasteiger partial charge in [0.05, 0.1) is 17.7 Å². The number of carbonyl (C=O) groups is 2. The fourth-order valence-electron chi connectivity index (χ4n) is 2.50. The predicted octanol–water partition coefficient (Wildman–Crippen LogP) is 2.14. The molecule has 1 heterocycles. The average molecular weight is 296 g/mol. The zero-order valence-corrected chi connectivity index (χ0v) is 11.4. The predicted molar refractivity (Wildman–Crippen MR) is 71.8 cm³/mol. The van der Waals surface area contributed by atoms with Crippen LogP contribution in [0.2, 0.25) is 5.02 Å². The SMILES string of the molecule is O=C(O)C1(C(=O)N[C@@H]2CCOc3c(Cl)cccc32)CC1. The topological polar surface area (TPSA) is 75.6 Å². The van der Waals surface area contributed by atoms with E-state index in [1.54, 1.807) is 12.1 Å². The maximum atomic E-state index is 12.2. The molecule has 2 aliphatic rings. The van der Waals surface area contributed by atoms with E-state index in [0.717, 1.165) is 5.56 Å². The third kappa shape index (κ3) is 2.02. The van der Waals surface area contributed by atoms with Gasteiger partial charge in [-0.3, -0.25) is 9.59 Å². The van der Waals surface area contributed by atoms with Gasteiger partial charge in [-0.05, 0) is 18.9 Å². The van der Waals surface area contributed by atoms with E-state index in [2.05, 4.69) is 5.32 Å². The van der Waals surface area contributed by atoms with E-state index < -0.39 is 17.3 Å². The number of hydrogen-bond acceptors (Lipinski definition) is 3. The standard InChI is InChI=1S/C14H14ClNO4/c15-9-3-1-2-8-10(4-7-20-11(8)9)16-12(17)14(5-6-14)13(18)19/h1-3,10H,4-7H2,(H,16,17)(H,18,19)/t10-/m1/s1. The number of aliphatic carboxylic acids is 1. The normalized spacial score (nSPS) is 22.4. The van der Waals surface area contributed by atoms with Gasteiger partial charge >= 0.3 is 5.97 Å². The first-order valence-corrected chi connectivity index (χ1v) is 6.88. The van der Waals surface area contributed by atoms with Crippen molar-refractivity contribution in [2.75, 3.05) is 6.61 Å². The van der Waals surface area contributed by atoms with Gasteiger partial charge in [-0.25, -0.2) is 0 Å². The van der Waals surface area contributed by atoms with Gasteiger partial charge in [0, 0.05) is 12.0 Å². The number of carbonyl (C=O) groups excluding carboxylic acids is 1. The molecule has 0 unspecified atom stereocenters. The zero-order chi connectivity index (χ0) is 14.3. The molecule has 106 valence electrons. The first kappa shape index (κ1) is 13.2. The maximum absolute atomic E-state index is 12.2.